The summed E-state index contributed by atoms with van der Waals surface area (Å²) in [6.45, 7) is 11.0. The fourth-order valence-corrected chi connectivity index (χ4v) is 1.78. The summed E-state index contributed by atoms with van der Waals surface area (Å²) in [6.07, 6.45) is 0. The second kappa shape index (κ2) is 7.25. The van der Waals surface area contributed by atoms with Gasteiger partial charge in [-0.05, 0) is 26.1 Å². The second-order valence-corrected chi connectivity index (χ2v) is 4.12. The van der Waals surface area contributed by atoms with Crippen LogP contribution in [0.25, 0.3) is 0 Å². The lowest BCUT2D eigenvalue weighted by Gasteiger charge is -2.19. The van der Waals surface area contributed by atoms with E-state index in [4.69, 9.17) is 5.73 Å². The van der Waals surface area contributed by atoms with E-state index in [2.05, 4.69) is 29.0 Å². The molecule has 0 aliphatic heterocycles. The van der Waals surface area contributed by atoms with E-state index in [0.29, 0.717) is 6.54 Å². The van der Waals surface area contributed by atoms with Crippen LogP contribution in [0.4, 0.5) is 5.82 Å². The summed E-state index contributed by atoms with van der Waals surface area (Å²) in [6, 6.07) is 4.04. The van der Waals surface area contributed by atoms with E-state index in [0.717, 1.165) is 43.3 Å². The van der Waals surface area contributed by atoms with Crippen molar-refractivity contribution in [2.45, 2.75) is 27.3 Å². The van der Waals surface area contributed by atoms with Crippen LogP contribution in [0.5, 0.6) is 0 Å². The minimum absolute atomic E-state index is 0.529. The third kappa shape index (κ3) is 4.32. The second-order valence-electron chi connectivity index (χ2n) is 4.12. The SMILES string of the molecule is CCN(CC)CCNc1nc(C)ccc1CN. The fourth-order valence-electron chi connectivity index (χ4n) is 1.78. The van der Waals surface area contributed by atoms with Crippen molar-refractivity contribution in [3.8, 4) is 0 Å². The number of nitrogens with one attached hydrogen (secondary N) is 1. The molecular weight excluding hydrogens is 212 g/mol. The van der Waals surface area contributed by atoms with E-state index in [1.54, 1.807) is 0 Å². The number of likely N-dealkylation sites (N-methyl/N-ethyl adjacent to an activating group) is 1. The zero-order chi connectivity index (χ0) is 12.7. The number of nitrogens with two attached hydrogens (primary N) is 1. The van der Waals surface area contributed by atoms with E-state index in [9.17, 15) is 0 Å². The number of aryl methyl sites for hydroxylation is 1. The molecule has 0 saturated carbocycles. The van der Waals surface area contributed by atoms with E-state index in [-0.39, 0.29) is 0 Å². The Bertz CT molecular complexity index is 334. The first-order chi connectivity index (χ1) is 8.21. The average Bonchev–Trinajstić information content (AvgIpc) is 2.35. The summed E-state index contributed by atoms with van der Waals surface area (Å²) in [7, 11) is 0. The molecule has 0 unspecified atom stereocenters. The van der Waals surface area contributed by atoms with Gasteiger partial charge in [0.2, 0.25) is 0 Å². The molecule has 1 rings (SSSR count). The van der Waals surface area contributed by atoms with Gasteiger partial charge in [0.15, 0.2) is 0 Å². The summed E-state index contributed by atoms with van der Waals surface area (Å²) in [5.74, 6) is 0.930. The number of anilines is 1. The lowest BCUT2D eigenvalue weighted by Crippen LogP contribution is -2.29. The summed E-state index contributed by atoms with van der Waals surface area (Å²) >= 11 is 0. The number of nitrogens with zero attached hydrogens (tertiary/aromatic N) is 2. The topological polar surface area (TPSA) is 54.2 Å². The van der Waals surface area contributed by atoms with Gasteiger partial charge in [0.1, 0.15) is 5.82 Å². The van der Waals surface area contributed by atoms with Crippen molar-refractivity contribution in [3.05, 3.63) is 23.4 Å². The molecule has 3 N–H and O–H groups in total. The first-order valence-corrected chi connectivity index (χ1v) is 6.34. The van der Waals surface area contributed by atoms with Crippen molar-refractivity contribution >= 4 is 5.82 Å². The fraction of sp³-hybridized carbons (Fsp3) is 0.615. The Morgan fingerprint density at radius 2 is 2.00 bits per heavy atom. The zero-order valence-electron chi connectivity index (χ0n) is 11.2. The molecule has 0 aliphatic rings. The number of aromatic nitrogens is 1. The maximum atomic E-state index is 5.69. The van der Waals surface area contributed by atoms with Crippen LogP contribution in [0.3, 0.4) is 0 Å². The van der Waals surface area contributed by atoms with Crippen LogP contribution in [-0.4, -0.2) is 36.1 Å². The van der Waals surface area contributed by atoms with Gasteiger partial charge in [-0.25, -0.2) is 4.98 Å². The number of hydrogen-bond acceptors (Lipinski definition) is 4. The highest BCUT2D eigenvalue weighted by Crippen LogP contribution is 2.12. The Hall–Kier alpha value is -1.13. The van der Waals surface area contributed by atoms with Crippen LogP contribution in [0.1, 0.15) is 25.1 Å². The summed E-state index contributed by atoms with van der Waals surface area (Å²) in [5, 5.41) is 3.37. The van der Waals surface area contributed by atoms with Gasteiger partial charge in [0, 0.05) is 30.9 Å². The number of rotatable bonds is 7. The molecule has 1 heterocycles. The van der Waals surface area contributed by atoms with Crippen molar-refractivity contribution in [2.75, 3.05) is 31.5 Å². The molecule has 0 spiro atoms. The Morgan fingerprint density at radius 1 is 1.29 bits per heavy atom. The molecule has 0 fully saturated rings. The van der Waals surface area contributed by atoms with Crippen molar-refractivity contribution in [1.29, 1.82) is 0 Å². The summed E-state index contributed by atoms with van der Waals surface area (Å²) < 4.78 is 0. The Labute approximate surface area is 104 Å². The highest BCUT2D eigenvalue weighted by Gasteiger charge is 2.03. The van der Waals surface area contributed by atoms with Gasteiger partial charge in [-0.2, -0.15) is 0 Å². The average molecular weight is 236 g/mol. The molecule has 0 amide bonds. The van der Waals surface area contributed by atoms with E-state index >= 15 is 0 Å². The zero-order valence-corrected chi connectivity index (χ0v) is 11.2. The van der Waals surface area contributed by atoms with Crippen molar-refractivity contribution in [2.24, 2.45) is 5.73 Å². The van der Waals surface area contributed by atoms with Crippen molar-refractivity contribution in [1.82, 2.24) is 9.88 Å². The lowest BCUT2D eigenvalue weighted by molar-refractivity contribution is 0.316. The maximum Gasteiger partial charge on any atom is 0.130 e. The minimum atomic E-state index is 0.529. The van der Waals surface area contributed by atoms with Crippen molar-refractivity contribution in [3.63, 3.8) is 0 Å². The van der Waals surface area contributed by atoms with Crippen LogP contribution in [-0.2, 0) is 6.54 Å². The molecule has 4 heteroatoms. The first-order valence-electron chi connectivity index (χ1n) is 6.34. The van der Waals surface area contributed by atoms with Gasteiger partial charge >= 0.3 is 0 Å². The molecule has 0 atom stereocenters. The predicted molar refractivity (Wildman–Crippen MR) is 73.1 cm³/mol. The van der Waals surface area contributed by atoms with Crippen LogP contribution >= 0.6 is 0 Å². The Morgan fingerprint density at radius 3 is 2.59 bits per heavy atom. The van der Waals surface area contributed by atoms with Gasteiger partial charge < -0.3 is 16.0 Å². The molecule has 0 saturated heterocycles. The normalized spacial score (nSPS) is 10.9. The molecule has 0 bridgehead atoms. The summed E-state index contributed by atoms with van der Waals surface area (Å²) in [5.41, 5.74) is 7.79. The van der Waals surface area contributed by atoms with Crippen LogP contribution in [0.2, 0.25) is 0 Å². The van der Waals surface area contributed by atoms with Gasteiger partial charge in [-0.3, -0.25) is 0 Å². The van der Waals surface area contributed by atoms with Crippen LogP contribution in [0, 0.1) is 6.92 Å². The quantitative estimate of drug-likeness (QED) is 0.755. The third-order valence-electron chi connectivity index (χ3n) is 2.95. The molecule has 0 aromatic carbocycles. The minimum Gasteiger partial charge on any atom is -0.369 e. The first kappa shape index (κ1) is 13.9. The molecular formula is C13H24N4. The third-order valence-corrected chi connectivity index (χ3v) is 2.95. The summed E-state index contributed by atoms with van der Waals surface area (Å²) in [4.78, 5) is 6.86. The maximum absolute atomic E-state index is 5.69. The smallest absolute Gasteiger partial charge is 0.130 e. The molecule has 17 heavy (non-hydrogen) atoms. The van der Waals surface area contributed by atoms with Crippen molar-refractivity contribution < 1.29 is 0 Å². The highest BCUT2D eigenvalue weighted by molar-refractivity contribution is 5.44. The van der Waals surface area contributed by atoms with E-state index < -0.39 is 0 Å². The molecule has 1 aromatic rings. The number of pyridine rings is 1. The molecule has 96 valence electrons. The van der Waals surface area contributed by atoms with E-state index in [1.807, 2.05) is 19.1 Å². The molecule has 4 nitrogen and oxygen atoms in total. The largest absolute Gasteiger partial charge is 0.369 e. The molecule has 0 radical (unpaired) electrons. The standard InChI is InChI=1S/C13H24N4/c1-4-17(5-2)9-8-15-13-12(10-14)7-6-11(3)16-13/h6-7H,4-5,8-10,14H2,1-3H3,(H,15,16). The van der Waals surface area contributed by atoms with Gasteiger partial charge in [0.05, 0.1) is 0 Å². The highest BCUT2D eigenvalue weighted by atomic mass is 15.1. The van der Waals surface area contributed by atoms with Gasteiger partial charge in [-0.15, -0.1) is 0 Å². The Kier molecular flexibility index (Phi) is 5.94. The van der Waals surface area contributed by atoms with Gasteiger partial charge in [0.25, 0.3) is 0 Å². The van der Waals surface area contributed by atoms with Crippen LogP contribution < -0.4 is 11.1 Å². The van der Waals surface area contributed by atoms with Crippen LogP contribution in [0.15, 0.2) is 12.1 Å². The predicted octanol–water partition coefficient (Wildman–Crippen LogP) is 1.60. The Balaban J connectivity index is 2.53. The number of hydrogen-bond donors (Lipinski definition) is 2. The van der Waals surface area contributed by atoms with E-state index in [1.165, 1.54) is 0 Å². The van der Waals surface area contributed by atoms with Gasteiger partial charge in [-0.1, -0.05) is 19.9 Å². The molecule has 1 aromatic heterocycles. The lowest BCUT2D eigenvalue weighted by atomic mass is 10.2. The molecule has 0 aliphatic carbocycles. The monoisotopic (exact) mass is 236 g/mol.